The van der Waals surface area contributed by atoms with E-state index in [1.807, 2.05) is 18.0 Å². The second-order valence-corrected chi connectivity index (χ2v) is 9.76. The second-order valence-electron chi connectivity index (χ2n) is 5.95. The van der Waals surface area contributed by atoms with E-state index in [1.165, 1.54) is 5.75 Å². The fourth-order valence-electron chi connectivity index (χ4n) is 1.24. The van der Waals surface area contributed by atoms with Crippen LogP contribution in [0.4, 0.5) is 0 Å². The topological polar surface area (TPSA) is 26.0 Å². The molecule has 0 radical (unpaired) electrons. The number of aryl methyl sites for hydroxylation is 1. The van der Waals surface area contributed by atoms with Crippen molar-refractivity contribution in [2.45, 2.75) is 44.5 Å². The third-order valence-corrected chi connectivity index (χ3v) is 4.23. The summed E-state index contributed by atoms with van der Waals surface area (Å²) in [5.74, 6) is 4.09. The predicted molar refractivity (Wildman–Crippen MR) is 84.0 cm³/mol. The van der Waals surface area contributed by atoms with Gasteiger partial charge < -0.3 is 4.42 Å². The van der Waals surface area contributed by atoms with Gasteiger partial charge in [-0.05, 0) is 25.0 Å². The molecule has 0 aliphatic carbocycles. The molecule has 1 heterocycles. The lowest BCUT2D eigenvalue weighted by Crippen LogP contribution is -2.09. The van der Waals surface area contributed by atoms with E-state index in [0.29, 0.717) is 5.41 Å². The summed E-state index contributed by atoms with van der Waals surface area (Å²) in [4.78, 5) is 4.33. The highest BCUT2D eigenvalue weighted by Gasteiger charge is 2.21. The maximum atomic E-state index is 5.75. The average molecular weight is 367 g/mol. The van der Waals surface area contributed by atoms with Gasteiger partial charge in [0.05, 0.1) is 9.62 Å². The molecule has 17 heavy (non-hydrogen) atoms. The Morgan fingerprint density at radius 3 is 2.41 bits per heavy atom. The summed E-state index contributed by atoms with van der Waals surface area (Å²) < 4.78 is 5.78. The molecule has 0 amide bonds. The molecule has 0 aromatic carbocycles. The van der Waals surface area contributed by atoms with E-state index in [9.17, 15) is 0 Å². The molecule has 1 aromatic rings. The first-order valence-corrected chi connectivity index (χ1v) is 8.14. The van der Waals surface area contributed by atoms with Gasteiger partial charge in [0, 0.05) is 12.2 Å². The van der Waals surface area contributed by atoms with E-state index in [1.54, 1.807) is 0 Å². The molecule has 0 N–H and O–H groups in total. The lowest BCUT2D eigenvalue weighted by molar-refractivity contribution is 0.437. The van der Waals surface area contributed by atoms with Crippen LogP contribution in [0.15, 0.2) is 10.6 Å². The summed E-state index contributed by atoms with van der Waals surface area (Å²) in [6.45, 7) is 11.1. The Kier molecular flexibility index (Phi) is 5.38. The number of rotatable bonds is 5. The third-order valence-electron chi connectivity index (χ3n) is 2.13. The number of oxazole rings is 1. The summed E-state index contributed by atoms with van der Waals surface area (Å²) in [5, 5.41) is 0. The van der Waals surface area contributed by atoms with E-state index in [0.717, 1.165) is 23.8 Å². The van der Waals surface area contributed by atoms with Crippen molar-refractivity contribution < 1.29 is 4.42 Å². The molecule has 0 aliphatic rings. The van der Waals surface area contributed by atoms with Crippen LogP contribution in [0, 0.1) is 5.41 Å². The highest BCUT2D eigenvalue weighted by molar-refractivity contribution is 14.1. The van der Waals surface area contributed by atoms with Crippen LogP contribution in [-0.4, -0.2) is 16.5 Å². The molecule has 0 bridgehead atoms. The molecular formula is C13H22INOS. The lowest BCUT2D eigenvalue weighted by Gasteiger charge is -2.16. The molecule has 1 rings (SSSR count). The highest BCUT2D eigenvalue weighted by Crippen LogP contribution is 2.31. The Balaban J connectivity index is 2.36. The molecular weight excluding hydrogens is 345 g/mol. The maximum absolute atomic E-state index is 5.75. The Morgan fingerprint density at radius 1 is 1.29 bits per heavy atom. The first-order valence-electron chi connectivity index (χ1n) is 5.90. The van der Waals surface area contributed by atoms with Crippen LogP contribution in [0.5, 0.6) is 0 Å². The van der Waals surface area contributed by atoms with Crippen LogP contribution >= 0.6 is 34.4 Å². The number of aromatic nitrogens is 1. The van der Waals surface area contributed by atoms with E-state index >= 15 is 0 Å². The highest BCUT2D eigenvalue weighted by atomic mass is 127. The summed E-state index contributed by atoms with van der Waals surface area (Å²) in [5.41, 5.74) is 0.399. The summed E-state index contributed by atoms with van der Waals surface area (Å²) in [7, 11) is 0. The quantitative estimate of drug-likeness (QED) is 0.430. The molecule has 98 valence electrons. The number of hydrogen-bond donors (Lipinski definition) is 0. The molecule has 0 saturated carbocycles. The number of nitrogens with zero attached hydrogens (tertiary/aromatic N) is 1. The van der Waals surface area contributed by atoms with E-state index < -0.39 is 0 Å². The Morgan fingerprint density at radius 2 is 1.94 bits per heavy atom. The minimum atomic E-state index is 0.0293. The van der Waals surface area contributed by atoms with Crippen LogP contribution in [0.3, 0.4) is 0 Å². The van der Waals surface area contributed by atoms with Gasteiger partial charge in [0.15, 0.2) is 5.89 Å². The number of hydrogen-bond acceptors (Lipinski definition) is 3. The summed E-state index contributed by atoms with van der Waals surface area (Å²) in [6, 6.07) is 0. The van der Waals surface area contributed by atoms with Crippen molar-refractivity contribution in [3.05, 3.63) is 17.8 Å². The van der Waals surface area contributed by atoms with E-state index in [-0.39, 0.29) is 3.42 Å². The van der Waals surface area contributed by atoms with Crippen molar-refractivity contribution in [3.63, 3.8) is 0 Å². The predicted octanol–water partition coefficient (Wildman–Crippen LogP) is 4.67. The lowest BCUT2D eigenvalue weighted by atomic mass is 10.0. The van der Waals surface area contributed by atoms with Crippen LogP contribution in [0.2, 0.25) is 0 Å². The zero-order valence-electron chi connectivity index (χ0n) is 11.3. The third kappa shape index (κ3) is 6.13. The maximum Gasteiger partial charge on any atom is 0.195 e. The molecule has 2 nitrogen and oxygen atoms in total. The Labute approximate surface area is 122 Å². The minimum Gasteiger partial charge on any atom is -0.444 e. The second kappa shape index (κ2) is 5.95. The smallest absolute Gasteiger partial charge is 0.195 e. The van der Waals surface area contributed by atoms with Gasteiger partial charge in [-0.15, -0.1) is 0 Å². The zero-order chi connectivity index (χ0) is 13.1. The van der Waals surface area contributed by atoms with Crippen LogP contribution in [0.25, 0.3) is 0 Å². The SMILES string of the molecule is CC(C)(C)CSCCc1ncc(C(C)(C)I)o1. The van der Waals surface area contributed by atoms with Gasteiger partial charge in [0.1, 0.15) is 5.76 Å². The number of alkyl halides is 1. The Hall–Kier alpha value is 0.290. The van der Waals surface area contributed by atoms with Gasteiger partial charge in [0.2, 0.25) is 0 Å². The molecule has 0 unspecified atom stereocenters. The fourth-order valence-corrected chi connectivity index (χ4v) is 2.56. The van der Waals surface area contributed by atoms with Gasteiger partial charge in [-0.1, -0.05) is 43.4 Å². The van der Waals surface area contributed by atoms with E-state index in [4.69, 9.17) is 4.42 Å². The van der Waals surface area contributed by atoms with Crippen molar-refractivity contribution in [2.24, 2.45) is 5.41 Å². The monoisotopic (exact) mass is 367 g/mol. The zero-order valence-corrected chi connectivity index (χ0v) is 14.3. The van der Waals surface area contributed by atoms with Gasteiger partial charge >= 0.3 is 0 Å². The summed E-state index contributed by atoms with van der Waals surface area (Å²) in [6.07, 6.45) is 2.78. The van der Waals surface area contributed by atoms with Crippen LogP contribution in [-0.2, 0) is 9.84 Å². The molecule has 0 fully saturated rings. The molecule has 0 spiro atoms. The molecule has 0 aliphatic heterocycles. The first kappa shape index (κ1) is 15.3. The van der Waals surface area contributed by atoms with Gasteiger partial charge in [-0.25, -0.2) is 4.98 Å². The van der Waals surface area contributed by atoms with Crippen LogP contribution in [0.1, 0.15) is 46.3 Å². The van der Waals surface area contributed by atoms with Gasteiger partial charge in [0.25, 0.3) is 0 Å². The van der Waals surface area contributed by atoms with Gasteiger partial charge in [-0.3, -0.25) is 0 Å². The number of halogens is 1. The van der Waals surface area contributed by atoms with E-state index in [2.05, 4.69) is 62.2 Å². The first-order chi connectivity index (χ1) is 7.68. The van der Waals surface area contributed by atoms with Crippen molar-refractivity contribution in [3.8, 4) is 0 Å². The van der Waals surface area contributed by atoms with Crippen molar-refractivity contribution in [1.82, 2.24) is 4.98 Å². The Bertz CT molecular complexity index is 349. The van der Waals surface area contributed by atoms with Crippen LogP contribution < -0.4 is 0 Å². The average Bonchev–Trinajstić information content (AvgIpc) is 2.58. The molecule has 0 saturated heterocycles. The van der Waals surface area contributed by atoms with Crippen molar-refractivity contribution in [2.75, 3.05) is 11.5 Å². The van der Waals surface area contributed by atoms with Crippen molar-refractivity contribution >= 4 is 34.4 Å². The molecule has 4 heteroatoms. The number of thioether (sulfide) groups is 1. The fraction of sp³-hybridized carbons (Fsp3) is 0.769. The standard InChI is InChI=1S/C13H22INOS/c1-12(2,3)9-17-7-6-11-15-8-10(16-11)13(4,5)14/h8H,6-7,9H2,1-5H3. The largest absolute Gasteiger partial charge is 0.444 e. The van der Waals surface area contributed by atoms with Crippen molar-refractivity contribution in [1.29, 1.82) is 0 Å². The summed E-state index contributed by atoms with van der Waals surface area (Å²) >= 11 is 4.34. The molecule has 0 atom stereocenters. The normalized spacial score (nSPS) is 13.1. The van der Waals surface area contributed by atoms with Gasteiger partial charge in [-0.2, -0.15) is 11.8 Å². The minimum absolute atomic E-state index is 0.0293. The molecule has 1 aromatic heterocycles.